The van der Waals surface area contributed by atoms with E-state index in [4.69, 9.17) is 4.74 Å². The number of benzene rings is 2. The second-order valence-electron chi connectivity index (χ2n) is 10.5. The van der Waals surface area contributed by atoms with Crippen LogP contribution in [0.25, 0.3) is 16.6 Å². The number of fused-ring (bicyclic) bond motifs is 1. The highest BCUT2D eigenvalue weighted by Crippen LogP contribution is 2.38. The molecule has 0 unspecified atom stereocenters. The van der Waals surface area contributed by atoms with E-state index < -0.39 is 23.4 Å². The first-order chi connectivity index (χ1) is 18.9. The number of urea groups is 1. The minimum Gasteiger partial charge on any atom is -0.390 e. The zero-order chi connectivity index (χ0) is 29.1. The molecule has 1 saturated heterocycles. The quantitative estimate of drug-likeness (QED) is 0.342. The van der Waals surface area contributed by atoms with Crippen molar-refractivity contribution in [1.29, 1.82) is 0 Å². The van der Waals surface area contributed by atoms with Crippen LogP contribution in [0.15, 0.2) is 42.6 Å². The monoisotopic (exact) mass is 561 g/mol. The highest BCUT2D eigenvalue weighted by atomic mass is 19.4. The lowest BCUT2D eigenvalue weighted by Gasteiger charge is -2.39. The van der Waals surface area contributed by atoms with Gasteiger partial charge in [0.2, 0.25) is 0 Å². The fourth-order valence-corrected chi connectivity index (χ4v) is 5.05. The summed E-state index contributed by atoms with van der Waals surface area (Å²) in [5, 5.41) is 20.1. The molecule has 0 saturated carbocycles. The Balaban J connectivity index is 1.58. The molecule has 0 spiro atoms. The summed E-state index contributed by atoms with van der Waals surface area (Å²) in [7, 11) is 1.53. The molecule has 0 radical (unpaired) electrons. The van der Waals surface area contributed by atoms with Gasteiger partial charge in [0.15, 0.2) is 0 Å². The van der Waals surface area contributed by atoms with E-state index in [1.54, 1.807) is 24.3 Å². The zero-order valence-corrected chi connectivity index (χ0v) is 22.7. The van der Waals surface area contributed by atoms with Gasteiger partial charge in [0.05, 0.1) is 35.2 Å². The number of aromatic nitrogens is 2. The molecule has 12 heteroatoms. The first kappa shape index (κ1) is 29.3. The SMILES string of the molecule is COCCNC(=O)c1ccc(-n2ncc3c(C(F)(F)F)cc(NC(=O)N4CCC(O)(CC(C)C)CC4)cc32)cc1. The van der Waals surface area contributed by atoms with Crippen LogP contribution in [0.1, 0.15) is 49.0 Å². The van der Waals surface area contributed by atoms with Crippen LogP contribution in [-0.2, 0) is 10.9 Å². The average Bonchev–Trinajstić information content (AvgIpc) is 3.31. The maximum atomic E-state index is 14.0. The van der Waals surface area contributed by atoms with E-state index in [0.29, 0.717) is 62.7 Å². The van der Waals surface area contributed by atoms with Gasteiger partial charge in [-0.1, -0.05) is 13.8 Å². The lowest BCUT2D eigenvalue weighted by Crippen LogP contribution is -2.48. The van der Waals surface area contributed by atoms with Gasteiger partial charge in [-0.05, 0) is 61.6 Å². The fourth-order valence-electron chi connectivity index (χ4n) is 5.05. The summed E-state index contributed by atoms with van der Waals surface area (Å²) in [5.74, 6) is -0.00404. The van der Waals surface area contributed by atoms with Crippen molar-refractivity contribution in [3.63, 3.8) is 0 Å². The zero-order valence-electron chi connectivity index (χ0n) is 22.7. The largest absolute Gasteiger partial charge is 0.417 e. The molecule has 0 aliphatic carbocycles. The van der Waals surface area contributed by atoms with E-state index in [-0.39, 0.29) is 22.5 Å². The molecule has 1 aliphatic heterocycles. The van der Waals surface area contributed by atoms with Crippen LogP contribution >= 0.6 is 0 Å². The summed E-state index contributed by atoms with van der Waals surface area (Å²) < 4.78 is 48.3. The molecule has 2 heterocycles. The lowest BCUT2D eigenvalue weighted by molar-refractivity contribution is -0.136. The molecular weight excluding hydrogens is 527 g/mol. The Morgan fingerprint density at radius 1 is 1.15 bits per heavy atom. The number of methoxy groups -OCH3 is 1. The first-order valence-corrected chi connectivity index (χ1v) is 13.1. The van der Waals surface area contributed by atoms with Crippen LogP contribution < -0.4 is 10.6 Å². The third-order valence-electron chi connectivity index (χ3n) is 6.98. The minimum atomic E-state index is -4.69. The number of likely N-dealkylation sites (tertiary alicyclic amines) is 1. The lowest BCUT2D eigenvalue weighted by atomic mass is 9.84. The summed E-state index contributed by atoms with van der Waals surface area (Å²) in [6, 6.07) is 8.09. The molecule has 1 fully saturated rings. The number of carbonyl (C=O) groups is 2. The average molecular weight is 562 g/mol. The van der Waals surface area contributed by atoms with Crippen molar-refractivity contribution >= 4 is 28.5 Å². The van der Waals surface area contributed by atoms with Gasteiger partial charge in [-0.2, -0.15) is 18.3 Å². The topological polar surface area (TPSA) is 109 Å². The summed E-state index contributed by atoms with van der Waals surface area (Å²) in [4.78, 5) is 26.7. The number of nitrogens with one attached hydrogen (secondary N) is 2. The molecule has 9 nitrogen and oxygen atoms in total. The molecule has 216 valence electrons. The molecule has 4 rings (SSSR count). The van der Waals surface area contributed by atoms with Gasteiger partial charge in [-0.3, -0.25) is 4.79 Å². The molecule has 2 aromatic carbocycles. The summed E-state index contributed by atoms with van der Waals surface area (Å²) in [6.45, 7) is 5.34. The van der Waals surface area contributed by atoms with E-state index in [1.807, 2.05) is 13.8 Å². The van der Waals surface area contributed by atoms with E-state index in [2.05, 4.69) is 15.7 Å². The second-order valence-corrected chi connectivity index (χ2v) is 10.5. The van der Waals surface area contributed by atoms with Crippen LogP contribution in [0, 0.1) is 5.92 Å². The van der Waals surface area contributed by atoms with Crippen LogP contribution in [0.2, 0.25) is 0 Å². The van der Waals surface area contributed by atoms with Gasteiger partial charge in [-0.25, -0.2) is 9.48 Å². The van der Waals surface area contributed by atoms with Crippen molar-refractivity contribution < 1.29 is 32.6 Å². The van der Waals surface area contributed by atoms with Gasteiger partial charge in [0, 0.05) is 43.4 Å². The fraction of sp³-hybridized carbons (Fsp3) is 0.464. The first-order valence-electron chi connectivity index (χ1n) is 13.1. The molecule has 40 heavy (non-hydrogen) atoms. The Bertz CT molecular complexity index is 1350. The number of halogens is 3. The number of hydrogen-bond acceptors (Lipinski definition) is 5. The number of alkyl halides is 3. The van der Waals surface area contributed by atoms with Crippen LogP contribution in [0.4, 0.5) is 23.7 Å². The van der Waals surface area contributed by atoms with Gasteiger partial charge in [0.1, 0.15) is 0 Å². The molecule has 3 aromatic rings. The number of carbonyl (C=O) groups excluding carboxylic acids is 2. The minimum absolute atomic E-state index is 0.0243. The Morgan fingerprint density at radius 3 is 2.42 bits per heavy atom. The van der Waals surface area contributed by atoms with Crippen molar-refractivity contribution in [3.8, 4) is 5.69 Å². The number of anilines is 1. The molecule has 0 atom stereocenters. The molecule has 3 amide bonds. The predicted molar refractivity (Wildman–Crippen MR) is 145 cm³/mol. The van der Waals surface area contributed by atoms with E-state index >= 15 is 0 Å². The number of piperidine rings is 1. The summed E-state index contributed by atoms with van der Waals surface area (Å²) in [5.41, 5.74) is -0.829. The third kappa shape index (κ3) is 6.73. The Labute approximate surface area is 230 Å². The van der Waals surface area contributed by atoms with Crippen molar-refractivity contribution in [2.75, 3.05) is 38.7 Å². The number of hydrogen-bond donors (Lipinski definition) is 3. The van der Waals surface area contributed by atoms with Gasteiger partial charge < -0.3 is 25.4 Å². The van der Waals surface area contributed by atoms with Crippen LogP contribution in [0.3, 0.4) is 0 Å². The molecule has 1 aliphatic rings. The Kier molecular flexibility index (Phi) is 8.69. The predicted octanol–water partition coefficient (Wildman–Crippen LogP) is 4.83. The molecular formula is C28H34F3N5O4. The molecule has 0 bridgehead atoms. The third-order valence-corrected chi connectivity index (χ3v) is 6.98. The van der Waals surface area contributed by atoms with E-state index in [9.17, 15) is 27.9 Å². The number of aliphatic hydroxyl groups is 1. The number of nitrogens with zero attached hydrogens (tertiary/aromatic N) is 3. The molecule has 3 N–H and O–H groups in total. The normalized spacial score (nSPS) is 15.4. The van der Waals surface area contributed by atoms with E-state index in [0.717, 1.165) is 12.3 Å². The smallest absolute Gasteiger partial charge is 0.390 e. The summed E-state index contributed by atoms with van der Waals surface area (Å²) in [6.07, 6.45) is -2.13. The number of amides is 3. The Hall–Kier alpha value is -3.64. The van der Waals surface area contributed by atoms with E-state index in [1.165, 1.54) is 22.8 Å². The van der Waals surface area contributed by atoms with Crippen LogP contribution in [-0.4, -0.2) is 70.7 Å². The van der Waals surface area contributed by atoms with Crippen molar-refractivity contribution in [3.05, 3.63) is 53.7 Å². The molecule has 1 aromatic heterocycles. The van der Waals surface area contributed by atoms with Crippen molar-refractivity contribution in [2.45, 2.75) is 44.9 Å². The van der Waals surface area contributed by atoms with Crippen molar-refractivity contribution in [1.82, 2.24) is 20.0 Å². The van der Waals surface area contributed by atoms with Crippen LogP contribution in [0.5, 0.6) is 0 Å². The maximum Gasteiger partial charge on any atom is 0.417 e. The highest BCUT2D eigenvalue weighted by molar-refractivity contribution is 5.95. The maximum absolute atomic E-state index is 14.0. The number of ether oxygens (including phenoxy) is 1. The van der Waals surface area contributed by atoms with Gasteiger partial charge in [-0.15, -0.1) is 0 Å². The number of rotatable bonds is 8. The van der Waals surface area contributed by atoms with Gasteiger partial charge in [0.25, 0.3) is 5.91 Å². The Morgan fingerprint density at radius 2 is 1.82 bits per heavy atom. The second kappa shape index (κ2) is 11.8. The standard InChI is InChI=1S/C28H34F3N5O4/c1-18(2)16-27(39)8-11-35(12-9-27)26(38)34-20-14-23(28(29,30)31)22-17-33-36(24(22)15-20)21-6-4-19(5-7-21)25(37)32-10-13-40-3/h4-7,14-15,17-18,39H,8-13,16H2,1-3H3,(H,32,37)(H,34,38). The van der Waals surface area contributed by atoms with Crippen molar-refractivity contribution in [2.24, 2.45) is 5.92 Å². The summed E-state index contributed by atoms with van der Waals surface area (Å²) >= 11 is 0. The highest BCUT2D eigenvalue weighted by Gasteiger charge is 2.36. The van der Waals surface area contributed by atoms with Gasteiger partial charge >= 0.3 is 12.2 Å².